The van der Waals surface area contributed by atoms with E-state index < -0.39 is 17.5 Å². The first-order valence-corrected chi connectivity index (χ1v) is 6.44. The number of ketones is 2. The summed E-state index contributed by atoms with van der Waals surface area (Å²) < 4.78 is 1.91. The zero-order valence-electron chi connectivity index (χ0n) is 9.83. The summed E-state index contributed by atoms with van der Waals surface area (Å²) in [6, 6.07) is 4.80. The molecular formula is C12H8ClN3O2S. The molecule has 0 saturated heterocycles. The molecule has 0 aliphatic carbocycles. The van der Waals surface area contributed by atoms with Crippen LogP contribution in [0.4, 0.5) is 0 Å². The molecule has 0 bridgehead atoms. The van der Waals surface area contributed by atoms with E-state index >= 15 is 0 Å². The number of aryl methyl sites for hydroxylation is 1. The zero-order valence-corrected chi connectivity index (χ0v) is 11.4. The summed E-state index contributed by atoms with van der Waals surface area (Å²) >= 11 is 6.78. The fourth-order valence-electron chi connectivity index (χ4n) is 1.56. The van der Waals surface area contributed by atoms with E-state index in [1.807, 2.05) is 0 Å². The van der Waals surface area contributed by atoms with Crippen LogP contribution < -0.4 is 0 Å². The lowest BCUT2D eigenvalue weighted by Crippen LogP contribution is -2.24. The molecule has 0 fully saturated rings. The van der Waals surface area contributed by atoms with Gasteiger partial charge in [-0.25, -0.2) is 4.98 Å². The molecule has 1 atom stereocenters. The average Bonchev–Trinajstić information content (AvgIpc) is 2.98. The van der Waals surface area contributed by atoms with E-state index in [2.05, 4.69) is 4.98 Å². The Balaban J connectivity index is 2.31. The average molecular weight is 294 g/mol. The number of nitrogens with zero attached hydrogens (tertiary/aromatic N) is 3. The van der Waals surface area contributed by atoms with Gasteiger partial charge in [0, 0.05) is 19.4 Å². The van der Waals surface area contributed by atoms with Crippen LogP contribution in [0.2, 0.25) is 4.34 Å². The van der Waals surface area contributed by atoms with Gasteiger partial charge in [-0.05, 0) is 12.1 Å². The summed E-state index contributed by atoms with van der Waals surface area (Å²) in [4.78, 5) is 28.4. The van der Waals surface area contributed by atoms with Crippen molar-refractivity contribution >= 4 is 34.5 Å². The van der Waals surface area contributed by atoms with Crippen LogP contribution in [-0.2, 0) is 7.05 Å². The Bertz CT molecular complexity index is 683. The van der Waals surface area contributed by atoms with E-state index in [1.165, 1.54) is 16.8 Å². The number of carbonyl (C=O) groups is 2. The molecule has 0 amide bonds. The molecule has 96 valence electrons. The first kappa shape index (κ1) is 13.5. The molecular weight excluding hydrogens is 286 g/mol. The second-order valence-corrected chi connectivity index (χ2v) is 5.47. The molecule has 2 aromatic heterocycles. The van der Waals surface area contributed by atoms with Crippen molar-refractivity contribution in [3.05, 3.63) is 39.6 Å². The maximum Gasteiger partial charge on any atom is 0.223 e. The van der Waals surface area contributed by atoms with Crippen LogP contribution in [0.25, 0.3) is 0 Å². The highest BCUT2D eigenvalue weighted by molar-refractivity contribution is 7.18. The molecule has 7 heteroatoms. The molecule has 2 heterocycles. The number of nitriles is 1. The van der Waals surface area contributed by atoms with Crippen LogP contribution in [0.1, 0.15) is 20.3 Å². The topological polar surface area (TPSA) is 75.8 Å². The van der Waals surface area contributed by atoms with Crippen molar-refractivity contribution in [3.8, 4) is 6.07 Å². The Morgan fingerprint density at radius 2 is 2.21 bits per heavy atom. The Kier molecular flexibility index (Phi) is 3.79. The van der Waals surface area contributed by atoms with Crippen LogP contribution in [0.5, 0.6) is 0 Å². The first-order chi connectivity index (χ1) is 9.04. The third kappa shape index (κ3) is 2.57. The Hall–Kier alpha value is -1.97. The summed E-state index contributed by atoms with van der Waals surface area (Å²) in [5.41, 5.74) is 0. The zero-order chi connectivity index (χ0) is 14.0. The van der Waals surface area contributed by atoms with Crippen molar-refractivity contribution in [1.29, 1.82) is 5.26 Å². The van der Waals surface area contributed by atoms with Crippen molar-refractivity contribution in [1.82, 2.24) is 9.55 Å². The molecule has 0 aromatic carbocycles. The van der Waals surface area contributed by atoms with Gasteiger partial charge in [-0.15, -0.1) is 11.3 Å². The second kappa shape index (κ2) is 5.34. The van der Waals surface area contributed by atoms with Gasteiger partial charge in [0.05, 0.1) is 15.3 Å². The highest BCUT2D eigenvalue weighted by atomic mass is 35.5. The SMILES string of the molecule is Cn1ccnc1C(=O)[C@H](C#N)C(=O)c1ccc(Cl)s1. The fraction of sp³-hybridized carbons (Fsp3) is 0.167. The summed E-state index contributed by atoms with van der Waals surface area (Å²) in [5, 5.41) is 9.07. The van der Waals surface area contributed by atoms with Crippen LogP contribution >= 0.6 is 22.9 Å². The number of hydrogen-bond acceptors (Lipinski definition) is 5. The molecule has 0 saturated carbocycles. The van der Waals surface area contributed by atoms with Crippen molar-refractivity contribution in [2.45, 2.75) is 0 Å². The van der Waals surface area contributed by atoms with Crippen LogP contribution in [-0.4, -0.2) is 21.1 Å². The summed E-state index contributed by atoms with van der Waals surface area (Å²) in [7, 11) is 1.63. The van der Waals surface area contributed by atoms with E-state index in [0.29, 0.717) is 9.21 Å². The number of halogens is 1. The first-order valence-electron chi connectivity index (χ1n) is 5.25. The van der Waals surface area contributed by atoms with Crippen molar-refractivity contribution in [3.63, 3.8) is 0 Å². The number of aromatic nitrogens is 2. The maximum atomic E-state index is 12.1. The molecule has 0 spiro atoms. The van der Waals surface area contributed by atoms with E-state index in [4.69, 9.17) is 16.9 Å². The quantitative estimate of drug-likeness (QED) is 0.640. The fourth-order valence-corrected chi connectivity index (χ4v) is 2.57. The van der Waals surface area contributed by atoms with Gasteiger partial charge in [0.25, 0.3) is 0 Å². The molecule has 2 rings (SSSR count). The van der Waals surface area contributed by atoms with E-state index in [-0.39, 0.29) is 5.82 Å². The minimum absolute atomic E-state index is 0.0857. The second-order valence-electron chi connectivity index (χ2n) is 3.76. The summed E-state index contributed by atoms with van der Waals surface area (Å²) in [6.45, 7) is 0. The molecule has 19 heavy (non-hydrogen) atoms. The Morgan fingerprint density at radius 3 is 2.68 bits per heavy atom. The van der Waals surface area contributed by atoms with Gasteiger partial charge in [0.15, 0.2) is 17.5 Å². The molecule has 0 N–H and O–H groups in total. The van der Waals surface area contributed by atoms with Crippen LogP contribution in [0.3, 0.4) is 0 Å². The highest BCUT2D eigenvalue weighted by Gasteiger charge is 2.31. The minimum atomic E-state index is -1.39. The van der Waals surface area contributed by atoms with E-state index in [1.54, 1.807) is 25.4 Å². The summed E-state index contributed by atoms with van der Waals surface area (Å²) in [6.07, 6.45) is 3.02. The number of thiophene rings is 1. The van der Waals surface area contributed by atoms with E-state index in [9.17, 15) is 9.59 Å². The smallest absolute Gasteiger partial charge is 0.223 e. The third-order valence-corrected chi connectivity index (χ3v) is 3.76. The van der Waals surface area contributed by atoms with Gasteiger partial charge < -0.3 is 4.57 Å². The molecule has 0 radical (unpaired) electrons. The summed E-state index contributed by atoms with van der Waals surface area (Å²) in [5.74, 6) is -2.46. The standard InChI is InChI=1S/C12H8ClN3O2S/c1-16-5-4-15-12(16)11(18)7(6-14)10(17)8-2-3-9(13)19-8/h2-5,7H,1H3/t7-/m1/s1. The van der Waals surface area contributed by atoms with Gasteiger partial charge in [0.1, 0.15) is 0 Å². The molecule has 5 nitrogen and oxygen atoms in total. The predicted octanol–water partition coefficient (Wildman–Crippen LogP) is 2.34. The number of rotatable bonds is 4. The Labute approximate surface area is 118 Å². The number of Topliss-reactive ketones (excluding diaryl/α,β-unsaturated/α-hetero) is 2. The molecule has 2 aromatic rings. The third-order valence-electron chi connectivity index (χ3n) is 2.51. The number of hydrogen-bond donors (Lipinski definition) is 0. The largest absolute Gasteiger partial charge is 0.332 e. The number of imidazole rings is 1. The Morgan fingerprint density at radius 1 is 1.47 bits per heavy atom. The van der Waals surface area contributed by atoms with Crippen molar-refractivity contribution < 1.29 is 9.59 Å². The molecule has 0 unspecified atom stereocenters. The maximum absolute atomic E-state index is 12.1. The van der Waals surface area contributed by atoms with Gasteiger partial charge in [0.2, 0.25) is 5.78 Å². The van der Waals surface area contributed by atoms with Gasteiger partial charge in [-0.2, -0.15) is 5.26 Å². The van der Waals surface area contributed by atoms with Crippen LogP contribution in [0.15, 0.2) is 24.5 Å². The monoisotopic (exact) mass is 293 g/mol. The number of carbonyl (C=O) groups excluding carboxylic acids is 2. The lowest BCUT2D eigenvalue weighted by Gasteiger charge is -2.05. The normalized spacial score (nSPS) is 11.8. The van der Waals surface area contributed by atoms with Crippen molar-refractivity contribution in [2.24, 2.45) is 13.0 Å². The lowest BCUT2D eigenvalue weighted by molar-refractivity contribution is 0.0840. The lowest BCUT2D eigenvalue weighted by atomic mass is 9.99. The molecule has 0 aliphatic heterocycles. The van der Waals surface area contributed by atoms with E-state index in [0.717, 1.165) is 11.3 Å². The molecule has 0 aliphatic rings. The van der Waals surface area contributed by atoms with Crippen LogP contribution in [0, 0.1) is 17.2 Å². The van der Waals surface area contributed by atoms with Gasteiger partial charge in [-0.3, -0.25) is 9.59 Å². The van der Waals surface area contributed by atoms with Crippen molar-refractivity contribution in [2.75, 3.05) is 0 Å². The highest BCUT2D eigenvalue weighted by Crippen LogP contribution is 2.24. The van der Waals surface area contributed by atoms with Gasteiger partial charge >= 0.3 is 0 Å². The minimum Gasteiger partial charge on any atom is -0.332 e. The van der Waals surface area contributed by atoms with Gasteiger partial charge in [-0.1, -0.05) is 11.6 Å². The predicted molar refractivity (Wildman–Crippen MR) is 70.3 cm³/mol.